The van der Waals surface area contributed by atoms with E-state index in [1.54, 1.807) is 45.0 Å². The third kappa shape index (κ3) is 13.9. The van der Waals surface area contributed by atoms with Crippen molar-refractivity contribution in [1.29, 1.82) is 0 Å². The normalized spacial score (nSPS) is 14.4. The zero-order valence-electron chi connectivity index (χ0n) is 28.5. The molecule has 1 aliphatic heterocycles. The molecule has 1 heterocycles. The summed E-state index contributed by atoms with van der Waals surface area (Å²) in [5, 5.41) is 10.8. The summed E-state index contributed by atoms with van der Waals surface area (Å²) in [6.07, 6.45) is 4.61. The molecule has 1 unspecified atom stereocenters. The molecule has 0 fully saturated rings. The molecule has 1 aromatic carbocycles. The summed E-state index contributed by atoms with van der Waals surface area (Å²) in [7, 11) is 0. The summed E-state index contributed by atoms with van der Waals surface area (Å²) in [5.41, 5.74) is 6.35. The topological polar surface area (TPSA) is 206 Å². The molecule has 264 valence electrons. The Bertz CT molecular complexity index is 1310. The number of carbonyl (C=O) groups excluding carboxylic acids is 7. The van der Waals surface area contributed by atoms with Crippen molar-refractivity contribution in [3.63, 3.8) is 0 Å². The zero-order valence-corrected chi connectivity index (χ0v) is 28.5. The van der Waals surface area contributed by atoms with Gasteiger partial charge in [0.1, 0.15) is 18.2 Å². The fourth-order valence-electron chi connectivity index (χ4n) is 4.93. The van der Waals surface area contributed by atoms with E-state index in [9.17, 15) is 33.6 Å². The Morgan fingerprint density at radius 2 is 1.48 bits per heavy atom. The van der Waals surface area contributed by atoms with Crippen molar-refractivity contribution >= 4 is 47.2 Å². The highest BCUT2D eigenvalue weighted by Gasteiger charge is 2.29. The number of amides is 7. The van der Waals surface area contributed by atoms with E-state index in [0.29, 0.717) is 37.8 Å². The van der Waals surface area contributed by atoms with Crippen molar-refractivity contribution in [2.75, 3.05) is 18.4 Å². The van der Waals surface area contributed by atoms with Gasteiger partial charge in [0, 0.05) is 43.8 Å². The van der Waals surface area contributed by atoms with Crippen LogP contribution >= 0.6 is 0 Å². The Kier molecular flexibility index (Phi) is 16.3. The van der Waals surface area contributed by atoms with Crippen LogP contribution in [0.5, 0.6) is 0 Å². The average Bonchev–Trinajstić information content (AvgIpc) is 3.32. The minimum absolute atomic E-state index is 0.144. The van der Waals surface area contributed by atoms with E-state index in [2.05, 4.69) is 21.3 Å². The summed E-state index contributed by atoms with van der Waals surface area (Å²) in [6.45, 7) is 9.65. The van der Waals surface area contributed by atoms with Crippen molar-refractivity contribution in [1.82, 2.24) is 20.9 Å². The first-order valence-electron chi connectivity index (χ1n) is 16.4. The lowest BCUT2D eigenvalue weighted by atomic mass is 10.0. The van der Waals surface area contributed by atoms with Gasteiger partial charge in [0.05, 0.1) is 0 Å². The Morgan fingerprint density at radius 1 is 0.833 bits per heavy atom. The molecular weight excluding hydrogens is 620 g/mol. The van der Waals surface area contributed by atoms with Crippen molar-refractivity contribution in [3.8, 4) is 0 Å². The predicted octanol–water partition coefficient (Wildman–Crippen LogP) is 2.83. The molecule has 0 bridgehead atoms. The molecule has 0 saturated heterocycles. The molecule has 3 atom stereocenters. The van der Waals surface area contributed by atoms with Crippen LogP contribution in [0.4, 0.5) is 10.5 Å². The Hall–Kier alpha value is -4.75. The monoisotopic (exact) mass is 670 g/mol. The van der Waals surface area contributed by atoms with Gasteiger partial charge in [-0.2, -0.15) is 0 Å². The summed E-state index contributed by atoms with van der Waals surface area (Å²) in [5.74, 6) is -2.46. The number of nitrogens with one attached hydrogen (secondary N) is 4. The SMILES string of the molecule is CC(C)CC(=O)OC(C)c1ccc(NC(=O)[C@H](CCCNC(N)=O)NC(=O)[C@@H](NC(=O)CCCCCN2C(=O)C=CC2=O)C(C)C)cc1. The fourth-order valence-corrected chi connectivity index (χ4v) is 4.93. The molecule has 14 heteroatoms. The smallest absolute Gasteiger partial charge is 0.312 e. The van der Waals surface area contributed by atoms with Gasteiger partial charge in [-0.25, -0.2) is 4.79 Å². The van der Waals surface area contributed by atoms with E-state index in [1.165, 1.54) is 12.2 Å². The highest BCUT2D eigenvalue weighted by Crippen LogP contribution is 2.21. The second kappa shape index (κ2) is 19.8. The van der Waals surface area contributed by atoms with Gasteiger partial charge < -0.3 is 31.7 Å². The number of carbonyl (C=O) groups is 7. The van der Waals surface area contributed by atoms with Crippen LogP contribution in [-0.2, 0) is 33.5 Å². The van der Waals surface area contributed by atoms with Gasteiger partial charge in [-0.1, -0.05) is 46.2 Å². The molecule has 2 rings (SSSR count). The lowest BCUT2D eigenvalue weighted by molar-refractivity contribution is -0.149. The summed E-state index contributed by atoms with van der Waals surface area (Å²) >= 11 is 0. The minimum atomic E-state index is -0.994. The molecule has 0 aromatic heterocycles. The van der Waals surface area contributed by atoms with Crippen LogP contribution in [-0.4, -0.2) is 71.6 Å². The molecular formula is C34H50N6O8. The standard InChI is InChI=1S/C34H50N6O8/c1-21(2)20-30(44)48-23(5)24-12-14-25(15-13-24)37-32(45)26(10-9-18-36-34(35)47)38-33(46)31(22(3)4)39-27(41)11-7-6-8-19-40-28(42)16-17-29(40)43/h12-17,21-23,26,31H,6-11,18-20H2,1-5H3,(H,37,45)(H,38,46)(H,39,41)(H3,35,36,47)/t23?,26-,31-/m0/s1. The maximum Gasteiger partial charge on any atom is 0.312 e. The van der Waals surface area contributed by atoms with Crippen molar-refractivity contribution < 1.29 is 38.3 Å². The number of urea groups is 1. The number of nitrogens with two attached hydrogens (primary N) is 1. The molecule has 0 aliphatic carbocycles. The van der Waals surface area contributed by atoms with E-state index < -0.39 is 36.0 Å². The number of esters is 1. The number of hydrogen-bond donors (Lipinski definition) is 5. The van der Waals surface area contributed by atoms with Crippen LogP contribution in [0, 0.1) is 11.8 Å². The first kappa shape index (κ1) is 39.4. The second-order valence-electron chi connectivity index (χ2n) is 12.6. The van der Waals surface area contributed by atoms with Gasteiger partial charge >= 0.3 is 12.0 Å². The average molecular weight is 671 g/mol. The van der Waals surface area contributed by atoms with E-state index in [1.807, 2.05) is 13.8 Å². The highest BCUT2D eigenvalue weighted by atomic mass is 16.5. The third-order valence-electron chi connectivity index (χ3n) is 7.58. The number of nitrogens with zero attached hydrogens (tertiary/aromatic N) is 1. The van der Waals surface area contributed by atoms with E-state index in [4.69, 9.17) is 10.5 Å². The number of anilines is 1. The van der Waals surface area contributed by atoms with Gasteiger partial charge in [0.15, 0.2) is 0 Å². The number of hydrogen-bond acceptors (Lipinski definition) is 8. The molecule has 14 nitrogen and oxygen atoms in total. The minimum Gasteiger partial charge on any atom is -0.458 e. The number of unbranched alkanes of at least 4 members (excludes halogenated alkanes) is 2. The van der Waals surface area contributed by atoms with Crippen LogP contribution in [0.2, 0.25) is 0 Å². The van der Waals surface area contributed by atoms with Crippen LogP contribution in [0.25, 0.3) is 0 Å². The molecule has 6 N–H and O–H groups in total. The maximum atomic E-state index is 13.4. The zero-order chi connectivity index (χ0) is 35.8. The first-order chi connectivity index (χ1) is 22.7. The third-order valence-corrected chi connectivity index (χ3v) is 7.58. The summed E-state index contributed by atoms with van der Waals surface area (Å²) in [4.78, 5) is 87.1. The maximum absolute atomic E-state index is 13.4. The summed E-state index contributed by atoms with van der Waals surface area (Å²) < 4.78 is 5.48. The quantitative estimate of drug-likeness (QED) is 0.0790. The van der Waals surface area contributed by atoms with Gasteiger partial charge in [0.25, 0.3) is 11.8 Å². The number of ether oxygens (including phenoxy) is 1. The van der Waals surface area contributed by atoms with Gasteiger partial charge in [0.2, 0.25) is 17.7 Å². The van der Waals surface area contributed by atoms with Crippen LogP contribution in [0.3, 0.4) is 0 Å². The Balaban J connectivity index is 1.97. The van der Waals surface area contributed by atoms with E-state index in [0.717, 1.165) is 10.5 Å². The lowest BCUT2D eigenvalue weighted by Gasteiger charge is -2.25. The summed E-state index contributed by atoms with van der Waals surface area (Å²) in [6, 6.07) is 4.20. The highest BCUT2D eigenvalue weighted by molar-refractivity contribution is 6.12. The number of imide groups is 1. The van der Waals surface area contributed by atoms with E-state index in [-0.39, 0.29) is 61.5 Å². The lowest BCUT2D eigenvalue weighted by Crippen LogP contribution is -2.54. The molecule has 0 radical (unpaired) electrons. The van der Waals surface area contributed by atoms with Gasteiger partial charge in [-0.3, -0.25) is 33.7 Å². The molecule has 1 aliphatic rings. The Morgan fingerprint density at radius 3 is 2.06 bits per heavy atom. The van der Waals surface area contributed by atoms with Crippen molar-refractivity contribution in [2.24, 2.45) is 17.6 Å². The van der Waals surface area contributed by atoms with Crippen LogP contribution in [0.1, 0.15) is 91.2 Å². The largest absolute Gasteiger partial charge is 0.458 e. The number of rotatable bonds is 20. The second-order valence-corrected chi connectivity index (χ2v) is 12.6. The molecule has 1 aromatic rings. The fraction of sp³-hybridized carbons (Fsp3) is 0.559. The number of primary amides is 1. The first-order valence-corrected chi connectivity index (χ1v) is 16.4. The van der Waals surface area contributed by atoms with Crippen molar-refractivity contribution in [3.05, 3.63) is 42.0 Å². The van der Waals surface area contributed by atoms with Crippen molar-refractivity contribution in [2.45, 2.75) is 97.8 Å². The molecule has 0 saturated carbocycles. The molecule has 48 heavy (non-hydrogen) atoms. The van der Waals surface area contributed by atoms with Gasteiger partial charge in [-0.05, 0) is 62.1 Å². The number of benzene rings is 1. The Labute approximate surface area is 281 Å². The molecule has 0 spiro atoms. The predicted molar refractivity (Wildman–Crippen MR) is 179 cm³/mol. The molecule has 7 amide bonds. The van der Waals surface area contributed by atoms with Gasteiger partial charge in [-0.15, -0.1) is 0 Å². The van der Waals surface area contributed by atoms with Crippen LogP contribution in [0.15, 0.2) is 36.4 Å². The van der Waals surface area contributed by atoms with E-state index >= 15 is 0 Å². The van der Waals surface area contributed by atoms with Crippen LogP contribution < -0.4 is 27.0 Å².